The van der Waals surface area contributed by atoms with Crippen LogP contribution in [0.25, 0.3) is 0 Å². The monoisotopic (exact) mass is 215 g/mol. The largest absolute Gasteiger partial charge is 0.362 e. The van der Waals surface area contributed by atoms with Crippen molar-refractivity contribution in [2.45, 2.75) is 6.54 Å². The number of carbonyl (C=O) groups excluding carboxylic acids is 1. The molecule has 0 aliphatic rings. The molecule has 5 nitrogen and oxygen atoms in total. The van der Waals surface area contributed by atoms with E-state index in [1.165, 1.54) is 0 Å². The second kappa shape index (κ2) is 4.21. The van der Waals surface area contributed by atoms with Crippen LogP contribution in [-0.2, 0) is 21.6 Å². The van der Waals surface area contributed by atoms with E-state index in [4.69, 9.17) is 4.55 Å². The summed E-state index contributed by atoms with van der Waals surface area (Å²) in [6, 6.07) is 8.50. The molecule has 1 N–H and O–H groups in total. The minimum Gasteiger partial charge on any atom is -0.278 e. The van der Waals surface area contributed by atoms with Gasteiger partial charge in [0, 0.05) is 0 Å². The summed E-state index contributed by atoms with van der Waals surface area (Å²) in [4.78, 5) is 10.3. The summed E-state index contributed by atoms with van der Waals surface area (Å²) >= 11 is 0. The van der Waals surface area contributed by atoms with E-state index in [-0.39, 0.29) is 13.0 Å². The fourth-order valence-corrected chi connectivity index (χ4v) is 1.36. The molecule has 0 heterocycles. The topological polar surface area (TPSA) is 74.7 Å². The fourth-order valence-electron chi connectivity index (χ4n) is 0.937. The highest BCUT2D eigenvalue weighted by molar-refractivity contribution is 7.83. The van der Waals surface area contributed by atoms with Crippen LogP contribution in [0, 0.1) is 0 Å². The van der Waals surface area contributed by atoms with Crippen LogP contribution in [0.15, 0.2) is 30.3 Å². The van der Waals surface area contributed by atoms with Gasteiger partial charge in [0.1, 0.15) is 0 Å². The molecule has 0 fully saturated rings. The second-order valence-electron chi connectivity index (χ2n) is 2.61. The molecule has 1 aromatic carbocycles. The molecule has 76 valence electrons. The molecule has 1 rings (SSSR count). The van der Waals surface area contributed by atoms with Gasteiger partial charge in [0.2, 0.25) is 6.41 Å². The molecule has 0 atom stereocenters. The first-order valence-electron chi connectivity index (χ1n) is 3.77. The molecule has 0 saturated heterocycles. The maximum atomic E-state index is 10.6. The highest BCUT2D eigenvalue weighted by atomic mass is 32.2. The normalized spacial score (nSPS) is 10.9. The molecule has 1 aromatic rings. The van der Waals surface area contributed by atoms with Gasteiger partial charge >= 0.3 is 10.3 Å². The lowest BCUT2D eigenvalue weighted by Gasteiger charge is -2.12. The third kappa shape index (κ3) is 2.82. The van der Waals surface area contributed by atoms with Crippen LogP contribution >= 0.6 is 0 Å². The van der Waals surface area contributed by atoms with E-state index >= 15 is 0 Å². The number of hydrogen-bond acceptors (Lipinski definition) is 3. The average molecular weight is 215 g/mol. The van der Waals surface area contributed by atoms with Crippen LogP contribution < -0.4 is 0 Å². The van der Waals surface area contributed by atoms with Gasteiger partial charge < -0.3 is 0 Å². The molecule has 0 spiro atoms. The standard InChI is InChI=1S/C8H9NO4S/c10-7-9(14(11,12)13)6-8-4-2-1-3-5-8/h1-5,7H,6H2,(H,11,12,13). The van der Waals surface area contributed by atoms with Gasteiger partial charge in [0.15, 0.2) is 0 Å². The van der Waals surface area contributed by atoms with Gasteiger partial charge in [-0.1, -0.05) is 30.3 Å². The Hall–Kier alpha value is -1.40. The van der Waals surface area contributed by atoms with Crippen molar-refractivity contribution in [1.82, 2.24) is 4.31 Å². The van der Waals surface area contributed by atoms with Gasteiger partial charge in [0.25, 0.3) is 0 Å². The maximum Gasteiger partial charge on any atom is 0.362 e. The minimum atomic E-state index is -4.45. The zero-order chi connectivity index (χ0) is 10.6. The first kappa shape index (κ1) is 10.7. The van der Waals surface area contributed by atoms with Crippen LogP contribution in [0.3, 0.4) is 0 Å². The Balaban J connectivity index is 2.82. The van der Waals surface area contributed by atoms with Gasteiger partial charge in [-0.25, -0.2) is 4.31 Å². The first-order valence-corrected chi connectivity index (χ1v) is 5.17. The Morgan fingerprint density at radius 3 is 2.29 bits per heavy atom. The van der Waals surface area contributed by atoms with Crippen molar-refractivity contribution in [2.24, 2.45) is 0 Å². The molecule has 0 aliphatic heterocycles. The highest BCUT2D eigenvalue weighted by Gasteiger charge is 2.15. The van der Waals surface area contributed by atoms with Crippen LogP contribution in [0.5, 0.6) is 0 Å². The highest BCUT2D eigenvalue weighted by Crippen LogP contribution is 2.05. The van der Waals surface area contributed by atoms with Crippen molar-refractivity contribution in [3.05, 3.63) is 35.9 Å². The Kier molecular flexibility index (Phi) is 3.21. The molecule has 0 saturated carbocycles. The van der Waals surface area contributed by atoms with Crippen molar-refractivity contribution in [3.63, 3.8) is 0 Å². The molecule has 0 bridgehead atoms. The lowest BCUT2D eigenvalue weighted by Crippen LogP contribution is -2.28. The average Bonchev–Trinajstić information content (AvgIpc) is 2.14. The number of benzene rings is 1. The van der Waals surface area contributed by atoms with Crippen LogP contribution in [0.1, 0.15) is 5.56 Å². The molecule has 0 aromatic heterocycles. The summed E-state index contributed by atoms with van der Waals surface area (Å²) in [5, 5.41) is 0. The Morgan fingerprint density at radius 2 is 1.86 bits per heavy atom. The van der Waals surface area contributed by atoms with E-state index in [0.29, 0.717) is 9.87 Å². The maximum absolute atomic E-state index is 10.6. The first-order chi connectivity index (χ1) is 6.54. The zero-order valence-electron chi connectivity index (χ0n) is 7.20. The summed E-state index contributed by atoms with van der Waals surface area (Å²) < 4.78 is 30.2. The number of hydrogen-bond donors (Lipinski definition) is 1. The summed E-state index contributed by atoms with van der Waals surface area (Å²) in [6.45, 7) is -0.164. The summed E-state index contributed by atoms with van der Waals surface area (Å²) in [5.41, 5.74) is 0.622. The molecule has 14 heavy (non-hydrogen) atoms. The predicted molar refractivity (Wildman–Crippen MR) is 49.6 cm³/mol. The van der Waals surface area contributed by atoms with Crippen molar-refractivity contribution in [3.8, 4) is 0 Å². The van der Waals surface area contributed by atoms with E-state index in [1.807, 2.05) is 0 Å². The quantitative estimate of drug-likeness (QED) is 0.584. The van der Waals surface area contributed by atoms with E-state index in [1.54, 1.807) is 30.3 Å². The van der Waals surface area contributed by atoms with Gasteiger partial charge in [-0.3, -0.25) is 9.35 Å². The van der Waals surface area contributed by atoms with E-state index in [9.17, 15) is 13.2 Å². The number of rotatable bonds is 4. The molecule has 0 unspecified atom stereocenters. The third-order valence-electron chi connectivity index (χ3n) is 1.60. The molecular formula is C8H9NO4S. The zero-order valence-corrected chi connectivity index (χ0v) is 8.02. The van der Waals surface area contributed by atoms with E-state index in [0.717, 1.165) is 0 Å². The summed E-state index contributed by atoms with van der Waals surface area (Å²) in [6.07, 6.45) is 0.0718. The van der Waals surface area contributed by atoms with Crippen molar-refractivity contribution in [2.75, 3.05) is 0 Å². The summed E-state index contributed by atoms with van der Waals surface area (Å²) in [7, 11) is -4.45. The van der Waals surface area contributed by atoms with Gasteiger partial charge in [0.05, 0.1) is 6.54 Å². The fraction of sp³-hybridized carbons (Fsp3) is 0.125. The second-order valence-corrected chi connectivity index (χ2v) is 3.98. The van der Waals surface area contributed by atoms with Crippen molar-refractivity contribution in [1.29, 1.82) is 0 Å². The number of nitrogens with zero attached hydrogens (tertiary/aromatic N) is 1. The van der Waals surface area contributed by atoms with Crippen molar-refractivity contribution < 1.29 is 17.8 Å². The number of carbonyl (C=O) groups is 1. The van der Waals surface area contributed by atoms with E-state index < -0.39 is 10.3 Å². The molecular weight excluding hydrogens is 206 g/mol. The minimum absolute atomic E-state index is 0.0718. The van der Waals surface area contributed by atoms with Crippen LogP contribution in [-0.4, -0.2) is 23.7 Å². The molecule has 6 heteroatoms. The van der Waals surface area contributed by atoms with E-state index in [2.05, 4.69) is 0 Å². The van der Waals surface area contributed by atoms with Crippen molar-refractivity contribution >= 4 is 16.7 Å². The lowest BCUT2D eigenvalue weighted by atomic mass is 10.2. The Labute approximate surface area is 81.8 Å². The van der Waals surface area contributed by atoms with Crippen LogP contribution in [0.2, 0.25) is 0 Å². The third-order valence-corrected chi connectivity index (χ3v) is 2.40. The predicted octanol–water partition coefficient (Wildman–Crippen LogP) is 0.448. The molecule has 0 aliphatic carbocycles. The Morgan fingerprint density at radius 1 is 1.29 bits per heavy atom. The lowest BCUT2D eigenvalue weighted by molar-refractivity contribution is -0.114. The summed E-state index contributed by atoms with van der Waals surface area (Å²) in [5.74, 6) is 0. The van der Waals surface area contributed by atoms with Gasteiger partial charge in [-0.2, -0.15) is 8.42 Å². The molecule has 0 radical (unpaired) electrons. The smallest absolute Gasteiger partial charge is 0.278 e. The van der Waals surface area contributed by atoms with Crippen LogP contribution in [0.4, 0.5) is 0 Å². The SMILES string of the molecule is O=CN(Cc1ccccc1)S(=O)(=O)O. The molecule has 1 amide bonds. The van der Waals surface area contributed by atoms with Gasteiger partial charge in [-0.15, -0.1) is 0 Å². The van der Waals surface area contributed by atoms with Gasteiger partial charge in [-0.05, 0) is 5.56 Å². The Bertz CT molecular complexity index is 401. The number of amides is 1.